The van der Waals surface area contributed by atoms with Crippen LogP contribution in [-0.2, 0) is 20.4 Å². The molecule has 1 rings (SSSR count). The van der Waals surface area contributed by atoms with Crippen molar-refractivity contribution in [3.63, 3.8) is 0 Å². The molecule has 0 bridgehead atoms. The summed E-state index contributed by atoms with van der Waals surface area (Å²) < 4.78 is 20.6. The zero-order valence-corrected chi connectivity index (χ0v) is 10.4. The smallest absolute Gasteiger partial charge is 0.435 e. The Balaban J connectivity index is 2.47. The normalized spacial score (nSPS) is 14.0. The highest BCUT2D eigenvalue weighted by Crippen LogP contribution is 2.44. The summed E-state index contributed by atoms with van der Waals surface area (Å²) in [4.78, 5) is 20.5. The average Bonchev–Trinajstić information content (AvgIpc) is 2.34. The summed E-state index contributed by atoms with van der Waals surface area (Å²) in [6.45, 7) is 1.78. The monoisotopic (exact) mass is 258 g/mol. The molecule has 1 aromatic rings. The topological polar surface area (TPSA) is 72.8 Å². The lowest BCUT2D eigenvalue weighted by Crippen LogP contribution is -2.06. The fraction of sp³-hybridized carbons (Fsp3) is 0.364. The van der Waals surface area contributed by atoms with Crippen LogP contribution < -0.4 is 0 Å². The Kier molecular flexibility index (Phi) is 5.35. The highest BCUT2D eigenvalue weighted by atomic mass is 31.2. The first-order chi connectivity index (χ1) is 8.06. The second-order valence-electron chi connectivity index (χ2n) is 3.39. The number of hydrogen-bond acceptors (Lipinski definition) is 4. The largest absolute Gasteiger partial charge is 0.452 e. The number of carbonyl (C=O) groups excluding carboxylic acids is 1. The molecule has 0 aromatic heterocycles. The Morgan fingerprint density at radius 2 is 2.00 bits per heavy atom. The van der Waals surface area contributed by atoms with Gasteiger partial charge in [-0.25, -0.2) is 9.36 Å². The van der Waals surface area contributed by atoms with Gasteiger partial charge in [0, 0.05) is 0 Å². The molecular weight excluding hydrogens is 243 g/mol. The molecule has 0 heterocycles. The van der Waals surface area contributed by atoms with Crippen LogP contribution in [0.3, 0.4) is 0 Å². The molecule has 0 aliphatic rings. The summed E-state index contributed by atoms with van der Waals surface area (Å²) in [5, 5.41) is 0. The minimum Gasteiger partial charge on any atom is -0.452 e. The maximum atomic E-state index is 11.4. The van der Waals surface area contributed by atoms with Crippen molar-refractivity contribution in [1.82, 2.24) is 0 Å². The van der Waals surface area contributed by atoms with E-state index in [4.69, 9.17) is 4.74 Å². The fourth-order valence-electron chi connectivity index (χ4n) is 1.07. The van der Waals surface area contributed by atoms with Gasteiger partial charge in [0.1, 0.15) is 6.61 Å². The molecular formula is C11H15O5P. The third-order valence-electron chi connectivity index (χ3n) is 1.91. The van der Waals surface area contributed by atoms with Crippen LogP contribution in [-0.4, -0.2) is 17.2 Å². The first-order valence-corrected chi connectivity index (χ1v) is 6.82. The lowest BCUT2D eigenvalue weighted by Gasteiger charge is -2.10. The Labute approximate surface area is 99.9 Å². The van der Waals surface area contributed by atoms with Crippen LogP contribution in [0, 0.1) is 0 Å². The quantitative estimate of drug-likeness (QED) is 0.794. The molecule has 1 atom stereocenters. The van der Waals surface area contributed by atoms with E-state index in [9.17, 15) is 14.3 Å². The fourth-order valence-corrected chi connectivity index (χ4v) is 1.83. The Morgan fingerprint density at radius 1 is 1.35 bits per heavy atom. The minimum absolute atomic E-state index is 0.0420. The summed E-state index contributed by atoms with van der Waals surface area (Å²) in [6.07, 6.45) is 0.552. The molecule has 0 spiro atoms. The van der Waals surface area contributed by atoms with E-state index >= 15 is 0 Å². The lowest BCUT2D eigenvalue weighted by molar-refractivity contribution is 0.150. The lowest BCUT2D eigenvalue weighted by atomic mass is 10.2. The average molecular weight is 258 g/mol. The number of benzene rings is 1. The second kappa shape index (κ2) is 6.55. The van der Waals surface area contributed by atoms with Crippen molar-refractivity contribution in [1.29, 1.82) is 0 Å². The molecule has 0 fully saturated rings. The maximum Gasteiger partial charge on any atom is 0.435 e. The van der Waals surface area contributed by atoms with Crippen molar-refractivity contribution >= 4 is 13.3 Å². The van der Waals surface area contributed by atoms with Crippen LogP contribution in [0.15, 0.2) is 30.3 Å². The van der Waals surface area contributed by atoms with E-state index in [2.05, 4.69) is 4.52 Å². The number of carbonyl (C=O) groups is 1. The van der Waals surface area contributed by atoms with Crippen LogP contribution in [0.25, 0.3) is 0 Å². The van der Waals surface area contributed by atoms with Crippen molar-refractivity contribution in [2.24, 2.45) is 0 Å². The summed E-state index contributed by atoms with van der Waals surface area (Å²) >= 11 is 0. The zero-order chi connectivity index (χ0) is 12.7. The molecule has 0 amide bonds. The molecule has 1 aromatic carbocycles. The van der Waals surface area contributed by atoms with Gasteiger partial charge in [-0.15, -0.1) is 0 Å². The number of hydrogen-bond donors (Lipinski definition) is 1. The SMILES string of the molecule is CCCOP(=O)(O)C(=O)OCc1ccccc1. The zero-order valence-electron chi connectivity index (χ0n) is 9.54. The first kappa shape index (κ1) is 13.9. The van der Waals surface area contributed by atoms with Crippen LogP contribution in [0.2, 0.25) is 0 Å². The Bertz CT molecular complexity index is 404. The number of rotatable bonds is 6. The Hall–Kier alpha value is -1.16. The minimum atomic E-state index is -4.30. The van der Waals surface area contributed by atoms with Crippen molar-refractivity contribution in [2.45, 2.75) is 20.0 Å². The molecule has 6 heteroatoms. The van der Waals surface area contributed by atoms with Crippen LogP contribution >= 0.6 is 7.60 Å². The van der Waals surface area contributed by atoms with Gasteiger partial charge in [-0.2, -0.15) is 0 Å². The summed E-state index contributed by atoms with van der Waals surface area (Å²) in [5.41, 5.74) is -0.467. The van der Waals surface area contributed by atoms with E-state index in [0.717, 1.165) is 5.56 Å². The standard InChI is InChI=1S/C11H15O5P/c1-2-8-16-17(13,14)11(12)15-9-10-6-4-3-5-7-10/h3-7H,2,8-9H2,1H3,(H,13,14). The van der Waals surface area contributed by atoms with Crippen molar-refractivity contribution in [2.75, 3.05) is 6.61 Å². The van der Waals surface area contributed by atoms with Crippen LogP contribution in [0.5, 0.6) is 0 Å². The van der Waals surface area contributed by atoms with Gasteiger partial charge in [0.05, 0.1) is 6.61 Å². The van der Waals surface area contributed by atoms with Crippen molar-refractivity contribution in [3.05, 3.63) is 35.9 Å². The predicted molar refractivity (Wildman–Crippen MR) is 62.7 cm³/mol. The van der Waals surface area contributed by atoms with Gasteiger partial charge in [-0.3, -0.25) is 0 Å². The first-order valence-electron chi connectivity index (χ1n) is 5.25. The highest BCUT2D eigenvalue weighted by molar-refractivity contribution is 7.70. The van der Waals surface area contributed by atoms with Crippen molar-refractivity contribution in [3.8, 4) is 0 Å². The predicted octanol–water partition coefficient (Wildman–Crippen LogP) is 2.94. The molecule has 0 aliphatic carbocycles. The molecule has 0 aliphatic heterocycles. The summed E-state index contributed by atoms with van der Waals surface area (Å²) in [7, 11) is -4.30. The van der Waals surface area contributed by atoms with Crippen molar-refractivity contribution < 1.29 is 23.5 Å². The second-order valence-corrected chi connectivity index (χ2v) is 5.06. The van der Waals surface area contributed by atoms with E-state index in [1.807, 2.05) is 6.07 Å². The third-order valence-corrected chi connectivity index (χ3v) is 3.03. The van der Waals surface area contributed by atoms with Crippen LogP contribution in [0.4, 0.5) is 4.79 Å². The number of ether oxygens (including phenoxy) is 1. The van der Waals surface area contributed by atoms with Crippen LogP contribution in [0.1, 0.15) is 18.9 Å². The van der Waals surface area contributed by atoms with E-state index in [1.165, 1.54) is 0 Å². The van der Waals surface area contributed by atoms with Gasteiger partial charge in [0.2, 0.25) is 0 Å². The van der Waals surface area contributed by atoms with Gasteiger partial charge < -0.3 is 14.2 Å². The maximum absolute atomic E-state index is 11.4. The highest BCUT2D eigenvalue weighted by Gasteiger charge is 2.32. The van der Waals surface area contributed by atoms with Gasteiger partial charge in [0.15, 0.2) is 0 Å². The van der Waals surface area contributed by atoms with E-state index < -0.39 is 13.3 Å². The summed E-state index contributed by atoms with van der Waals surface area (Å²) in [6, 6.07) is 8.90. The molecule has 0 radical (unpaired) electrons. The molecule has 17 heavy (non-hydrogen) atoms. The molecule has 0 saturated carbocycles. The van der Waals surface area contributed by atoms with Gasteiger partial charge in [0.25, 0.3) is 0 Å². The van der Waals surface area contributed by atoms with E-state index in [1.54, 1.807) is 31.2 Å². The van der Waals surface area contributed by atoms with Gasteiger partial charge in [-0.05, 0) is 12.0 Å². The third kappa shape index (κ3) is 4.69. The van der Waals surface area contributed by atoms with Gasteiger partial charge >= 0.3 is 13.3 Å². The molecule has 1 N–H and O–H groups in total. The van der Waals surface area contributed by atoms with E-state index in [-0.39, 0.29) is 13.2 Å². The summed E-state index contributed by atoms with van der Waals surface area (Å²) in [5.74, 6) is 0. The molecule has 1 unspecified atom stereocenters. The molecule has 94 valence electrons. The Morgan fingerprint density at radius 3 is 2.59 bits per heavy atom. The molecule has 5 nitrogen and oxygen atoms in total. The van der Waals surface area contributed by atoms with E-state index in [0.29, 0.717) is 6.42 Å². The van der Waals surface area contributed by atoms with Gasteiger partial charge in [-0.1, -0.05) is 37.3 Å². The molecule has 0 saturated heterocycles.